The maximum absolute atomic E-state index is 12.5. The fraction of sp³-hybridized carbons (Fsp3) is 0.318. The molecule has 1 heterocycles. The lowest BCUT2D eigenvalue weighted by atomic mass is 10.1. The molecule has 0 fully saturated rings. The third-order valence-corrected chi connectivity index (χ3v) is 4.55. The van der Waals surface area contributed by atoms with Gasteiger partial charge in [-0.1, -0.05) is 42.4 Å². The van der Waals surface area contributed by atoms with Gasteiger partial charge in [0.1, 0.15) is 5.75 Å². The molecule has 0 spiro atoms. The zero-order valence-electron chi connectivity index (χ0n) is 17.4. The molecule has 0 saturated heterocycles. The molecule has 3 aromatic rings. The number of hydrogen-bond donors (Lipinski definition) is 2. The van der Waals surface area contributed by atoms with E-state index in [9.17, 15) is 8.78 Å². The Morgan fingerprint density at radius 2 is 1.90 bits per heavy atom. The van der Waals surface area contributed by atoms with Crippen molar-refractivity contribution < 1.29 is 18.0 Å². The molecule has 1 aromatic heterocycles. The molecule has 0 aliphatic carbocycles. The van der Waals surface area contributed by atoms with E-state index in [2.05, 4.69) is 30.5 Å². The van der Waals surface area contributed by atoms with Gasteiger partial charge in [0.05, 0.1) is 0 Å². The molecule has 0 aliphatic heterocycles. The van der Waals surface area contributed by atoms with Gasteiger partial charge in [0.25, 0.3) is 5.89 Å². The Morgan fingerprint density at radius 3 is 2.58 bits per heavy atom. The Labute approximate surface area is 179 Å². The lowest BCUT2D eigenvalue weighted by Gasteiger charge is -2.14. The van der Waals surface area contributed by atoms with Crippen LogP contribution >= 0.6 is 0 Å². The van der Waals surface area contributed by atoms with E-state index in [1.165, 1.54) is 6.07 Å². The molecule has 3 rings (SSSR count). The largest absolute Gasteiger partial charge is 0.434 e. The molecule has 7 nitrogen and oxygen atoms in total. The molecule has 164 valence electrons. The summed E-state index contributed by atoms with van der Waals surface area (Å²) in [4.78, 5) is 8.49. The summed E-state index contributed by atoms with van der Waals surface area (Å²) in [5.41, 5.74) is 2.64. The van der Waals surface area contributed by atoms with Gasteiger partial charge in [-0.05, 0) is 30.2 Å². The zero-order valence-corrected chi connectivity index (χ0v) is 17.4. The highest BCUT2D eigenvalue weighted by Crippen LogP contribution is 2.20. The highest BCUT2D eigenvalue weighted by atomic mass is 19.3. The fourth-order valence-electron chi connectivity index (χ4n) is 2.91. The van der Waals surface area contributed by atoms with Crippen molar-refractivity contribution in [2.75, 3.05) is 13.6 Å². The SMILES string of the molecule is CCc1noc(-c2ccc(CCNC(=NC)NCc3ccccc3OC(F)F)cc2)n1. The van der Waals surface area contributed by atoms with Crippen molar-refractivity contribution in [3.8, 4) is 17.2 Å². The Kier molecular flexibility index (Phi) is 7.91. The molecule has 0 unspecified atom stereocenters. The molecule has 31 heavy (non-hydrogen) atoms. The van der Waals surface area contributed by atoms with Crippen LogP contribution in [0.25, 0.3) is 11.5 Å². The second kappa shape index (κ2) is 11.1. The van der Waals surface area contributed by atoms with E-state index in [0.717, 1.165) is 24.0 Å². The van der Waals surface area contributed by atoms with Crippen LogP contribution in [0.4, 0.5) is 8.78 Å². The van der Waals surface area contributed by atoms with E-state index in [-0.39, 0.29) is 5.75 Å². The fourth-order valence-corrected chi connectivity index (χ4v) is 2.91. The normalized spacial score (nSPS) is 11.6. The summed E-state index contributed by atoms with van der Waals surface area (Å²) in [7, 11) is 1.65. The number of rotatable bonds is 9. The van der Waals surface area contributed by atoms with Gasteiger partial charge in [0, 0.05) is 37.7 Å². The van der Waals surface area contributed by atoms with Gasteiger partial charge in [-0.2, -0.15) is 13.8 Å². The lowest BCUT2D eigenvalue weighted by Crippen LogP contribution is -2.37. The summed E-state index contributed by atoms with van der Waals surface area (Å²) in [6.07, 6.45) is 1.50. The number of aromatic nitrogens is 2. The number of ether oxygens (including phenoxy) is 1. The van der Waals surface area contributed by atoms with Crippen LogP contribution in [-0.4, -0.2) is 36.3 Å². The van der Waals surface area contributed by atoms with E-state index in [4.69, 9.17) is 4.52 Å². The Bertz CT molecular complexity index is 990. The first kappa shape index (κ1) is 22.2. The van der Waals surface area contributed by atoms with Crippen LogP contribution in [0.15, 0.2) is 58.0 Å². The van der Waals surface area contributed by atoms with E-state index < -0.39 is 6.61 Å². The van der Waals surface area contributed by atoms with Crippen molar-refractivity contribution in [2.45, 2.75) is 32.9 Å². The number of aliphatic imine (C=N–C) groups is 1. The molecular formula is C22H25F2N5O2. The van der Waals surface area contributed by atoms with E-state index >= 15 is 0 Å². The summed E-state index contributed by atoms with van der Waals surface area (Å²) < 4.78 is 34.9. The number of halogens is 2. The van der Waals surface area contributed by atoms with Crippen LogP contribution in [0.3, 0.4) is 0 Å². The lowest BCUT2D eigenvalue weighted by molar-refractivity contribution is -0.0504. The smallest absolute Gasteiger partial charge is 0.387 e. The van der Waals surface area contributed by atoms with E-state index in [1.807, 2.05) is 31.2 Å². The predicted octanol–water partition coefficient (Wildman–Crippen LogP) is 3.81. The van der Waals surface area contributed by atoms with Crippen molar-refractivity contribution >= 4 is 5.96 Å². The number of para-hydroxylation sites is 1. The third-order valence-electron chi connectivity index (χ3n) is 4.55. The Morgan fingerprint density at radius 1 is 1.13 bits per heavy atom. The second-order valence-electron chi connectivity index (χ2n) is 6.66. The standard InChI is InChI=1S/C22H25F2N5O2/c1-3-19-28-20(31-29-19)16-10-8-15(9-11-16)12-13-26-22(25-2)27-14-17-6-4-5-7-18(17)30-21(23)24/h4-11,21H,3,12-14H2,1-2H3,(H2,25,26,27). The van der Waals surface area contributed by atoms with Gasteiger partial charge in [-0.25, -0.2) is 0 Å². The number of aryl methyl sites for hydroxylation is 1. The molecule has 2 N–H and O–H groups in total. The number of guanidine groups is 1. The van der Waals surface area contributed by atoms with Crippen LogP contribution in [0.2, 0.25) is 0 Å². The molecule has 0 aliphatic rings. The molecule has 0 amide bonds. The maximum atomic E-state index is 12.5. The minimum Gasteiger partial charge on any atom is -0.434 e. The molecule has 0 radical (unpaired) electrons. The van der Waals surface area contributed by atoms with Crippen molar-refractivity contribution in [3.63, 3.8) is 0 Å². The van der Waals surface area contributed by atoms with Gasteiger partial charge >= 0.3 is 6.61 Å². The topological polar surface area (TPSA) is 84.6 Å². The first-order valence-corrected chi connectivity index (χ1v) is 9.98. The first-order valence-electron chi connectivity index (χ1n) is 9.98. The van der Waals surface area contributed by atoms with Gasteiger partial charge in [-0.3, -0.25) is 4.99 Å². The summed E-state index contributed by atoms with van der Waals surface area (Å²) in [6.45, 7) is 0.0674. The monoisotopic (exact) mass is 429 g/mol. The quantitative estimate of drug-likeness (QED) is 0.398. The minimum atomic E-state index is -2.86. The van der Waals surface area contributed by atoms with Crippen LogP contribution in [0.5, 0.6) is 5.75 Å². The van der Waals surface area contributed by atoms with Crippen LogP contribution in [0.1, 0.15) is 23.9 Å². The minimum absolute atomic E-state index is 0.146. The molecule has 2 aromatic carbocycles. The predicted molar refractivity (Wildman–Crippen MR) is 114 cm³/mol. The van der Waals surface area contributed by atoms with E-state index in [1.54, 1.807) is 25.2 Å². The number of nitrogens with one attached hydrogen (secondary N) is 2. The molecule has 9 heteroatoms. The molecular weight excluding hydrogens is 404 g/mol. The number of nitrogens with zero attached hydrogens (tertiary/aromatic N) is 3. The third kappa shape index (κ3) is 6.50. The molecule has 0 atom stereocenters. The highest BCUT2D eigenvalue weighted by Gasteiger charge is 2.10. The van der Waals surface area contributed by atoms with Crippen LogP contribution in [0, 0.1) is 0 Å². The second-order valence-corrected chi connectivity index (χ2v) is 6.66. The number of hydrogen-bond acceptors (Lipinski definition) is 5. The van der Waals surface area contributed by atoms with Crippen molar-refractivity contribution in [1.82, 2.24) is 20.8 Å². The average Bonchev–Trinajstić information content (AvgIpc) is 3.26. The molecule has 0 bridgehead atoms. The van der Waals surface area contributed by atoms with Crippen molar-refractivity contribution in [1.29, 1.82) is 0 Å². The zero-order chi connectivity index (χ0) is 22.1. The summed E-state index contributed by atoms with van der Waals surface area (Å²) in [5.74, 6) is 1.92. The average molecular weight is 429 g/mol. The summed E-state index contributed by atoms with van der Waals surface area (Å²) in [5, 5.41) is 10.2. The van der Waals surface area contributed by atoms with Crippen molar-refractivity contribution in [3.05, 3.63) is 65.5 Å². The van der Waals surface area contributed by atoms with Crippen LogP contribution in [-0.2, 0) is 19.4 Å². The van der Waals surface area contributed by atoms with Crippen molar-refractivity contribution in [2.24, 2.45) is 4.99 Å². The number of benzene rings is 2. The van der Waals surface area contributed by atoms with Crippen LogP contribution < -0.4 is 15.4 Å². The number of alkyl halides is 2. The molecule has 0 saturated carbocycles. The van der Waals surface area contributed by atoms with E-state index in [0.29, 0.717) is 36.3 Å². The van der Waals surface area contributed by atoms with Gasteiger partial charge < -0.3 is 19.9 Å². The first-order chi connectivity index (χ1) is 15.1. The summed E-state index contributed by atoms with van der Waals surface area (Å²) >= 11 is 0. The highest BCUT2D eigenvalue weighted by molar-refractivity contribution is 5.79. The van der Waals surface area contributed by atoms with Gasteiger partial charge in [-0.15, -0.1) is 0 Å². The van der Waals surface area contributed by atoms with Gasteiger partial charge in [0.2, 0.25) is 0 Å². The maximum Gasteiger partial charge on any atom is 0.387 e. The summed E-state index contributed by atoms with van der Waals surface area (Å²) in [6, 6.07) is 14.6. The Balaban J connectivity index is 1.48. The Hall–Kier alpha value is -3.49. The van der Waals surface area contributed by atoms with Gasteiger partial charge in [0.15, 0.2) is 11.8 Å².